The van der Waals surface area contributed by atoms with Crippen LogP contribution in [-0.4, -0.2) is 50.9 Å². The monoisotopic (exact) mass is 630 g/mol. The van der Waals surface area contributed by atoms with E-state index in [1.54, 1.807) is 17.0 Å². The average Bonchev–Trinajstić information content (AvgIpc) is 3.82. The van der Waals surface area contributed by atoms with Crippen molar-refractivity contribution in [1.82, 2.24) is 9.62 Å². The number of amides is 1. The topological polar surface area (TPSA) is 145 Å². The van der Waals surface area contributed by atoms with Crippen molar-refractivity contribution >= 4 is 48.1 Å². The third kappa shape index (κ3) is 3.32. The Morgan fingerprint density at radius 2 is 1.79 bits per heavy atom. The molecule has 0 saturated heterocycles. The number of carbonyl (C=O) groups excluding carboxylic acids is 1. The molecular formula is C28H27FN4O6S3. The summed E-state index contributed by atoms with van der Waals surface area (Å²) in [6.07, 6.45) is 2.23. The summed E-state index contributed by atoms with van der Waals surface area (Å²) in [5.74, 6) is 2.62. The maximum absolute atomic E-state index is 14.4. The van der Waals surface area contributed by atoms with Crippen molar-refractivity contribution in [3.8, 4) is 0 Å². The number of aliphatic hydroxyl groups excluding tert-OH is 1. The Hall–Kier alpha value is -2.81. The highest BCUT2D eigenvalue weighted by molar-refractivity contribution is 7.91. The molecule has 7 saturated carbocycles. The van der Waals surface area contributed by atoms with Gasteiger partial charge in [0.25, 0.3) is 15.9 Å². The number of fused-ring (bicyclic) bond motifs is 1. The van der Waals surface area contributed by atoms with E-state index in [1.165, 1.54) is 23.9 Å². The number of nitrogens with zero attached hydrogens (tertiary/aromatic N) is 2. The van der Waals surface area contributed by atoms with Crippen LogP contribution in [0.1, 0.15) is 17.5 Å². The highest BCUT2D eigenvalue weighted by Crippen LogP contribution is 2.87. The van der Waals surface area contributed by atoms with Crippen LogP contribution in [0, 0.1) is 59.1 Å². The fourth-order valence-electron chi connectivity index (χ4n) is 9.86. The lowest BCUT2D eigenvalue weighted by Gasteiger charge is -2.54. The lowest BCUT2D eigenvalue weighted by Crippen LogP contribution is -2.61. The molecule has 8 atom stereocenters. The first-order chi connectivity index (χ1) is 19.9. The third-order valence-electron chi connectivity index (χ3n) is 11.0. The standard InChI is InChI=1S/C28H27FN4O6S3/c1-41(36,37)30-7-11-9-40-27-25(11)42(38,39)32-26(31-27)22-24(34)21-19-15-13-6-14-16(19)18(14)20(17(13)15)23(21)33(28(22)35)8-10-2-4-12(29)5-3-10/h2-5,9,13-21,23,30,34H,6-8H2,1H3,(H,31,32)/t13?,14?,15?,16?,17?,18?,19?,20?,21-,23?/m1/s1. The Balaban J connectivity index is 1.14. The first-order valence-corrected chi connectivity index (χ1v) is 18.3. The number of thiophene rings is 1. The quantitative estimate of drug-likeness (QED) is 0.445. The second-order valence-corrected chi connectivity index (χ2v) is 17.2. The van der Waals surface area contributed by atoms with Crippen LogP contribution in [0.4, 0.5) is 9.39 Å². The van der Waals surface area contributed by atoms with Crippen LogP contribution in [0.15, 0.2) is 50.3 Å². The van der Waals surface area contributed by atoms with Gasteiger partial charge in [0.15, 0.2) is 5.84 Å². The second-order valence-electron chi connectivity index (χ2n) is 12.9. The van der Waals surface area contributed by atoms with Crippen molar-refractivity contribution in [2.75, 3.05) is 11.6 Å². The summed E-state index contributed by atoms with van der Waals surface area (Å²) in [6.45, 7) is -0.00893. The van der Waals surface area contributed by atoms with Crippen LogP contribution in [0.2, 0.25) is 0 Å². The highest BCUT2D eigenvalue weighted by atomic mass is 32.2. The van der Waals surface area contributed by atoms with E-state index in [9.17, 15) is 31.1 Å². The third-order valence-corrected chi connectivity index (χ3v) is 14.2. The van der Waals surface area contributed by atoms with Crippen LogP contribution in [0.3, 0.4) is 0 Å². The van der Waals surface area contributed by atoms with E-state index in [2.05, 4.69) is 14.4 Å². The number of amidine groups is 1. The molecule has 220 valence electrons. The molecule has 42 heavy (non-hydrogen) atoms. The molecule has 3 heterocycles. The molecule has 14 heteroatoms. The van der Waals surface area contributed by atoms with E-state index in [0.29, 0.717) is 41.4 Å². The summed E-state index contributed by atoms with van der Waals surface area (Å²) in [7, 11) is -7.89. The predicted octanol–water partition coefficient (Wildman–Crippen LogP) is 2.68. The molecule has 11 rings (SSSR count). The summed E-state index contributed by atoms with van der Waals surface area (Å²) in [5, 5.41) is 16.6. The van der Waals surface area contributed by atoms with Gasteiger partial charge in [-0.2, -0.15) is 8.42 Å². The largest absolute Gasteiger partial charge is 0.511 e. The molecule has 0 radical (unpaired) electrons. The number of halogens is 1. The fraction of sp³-hybridized carbons (Fsp3) is 0.500. The van der Waals surface area contributed by atoms with E-state index in [-0.39, 0.29) is 69.4 Å². The minimum Gasteiger partial charge on any atom is -0.511 e. The number of rotatable bonds is 6. The maximum Gasteiger partial charge on any atom is 0.287 e. The number of nitrogens with one attached hydrogen (secondary N) is 2. The Kier molecular flexibility index (Phi) is 4.90. The number of hydrogen-bond donors (Lipinski definition) is 3. The molecule has 1 amide bonds. The molecule has 7 unspecified atom stereocenters. The Labute approximate surface area is 245 Å². The SMILES string of the molecule is CS(=O)(=O)NCc1csc2c1S(=O)(=O)N=C(C1=C(O)[C@@H]3C4C5C6CC7C(C74)C(C65)C3N(Cc3ccc(F)cc3)C1=O)N2. The van der Waals surface area contributed by atoms with Gasteiger partial charge in [0.1, 0.15) is 27.0 Å². The van der Waals surface area contributed by atoms with E-state index in [0.717, 1.165) is 23.2 Å². The van der Waals surface area contributed by atoms with Gasteiger partial charge >= 0.3 is 0 Å². The number of benzene rings is 1. The zero-order chi connectivity index (χ0) is 29.0. The average molecular weight is 631 g/mol. The Bertz CT molecular complexity index is 1870. The van der Waals surface area contributed by atoms with E-state index in [4.69, 9.17) is 0 Å². The predicted molar refractivity (Wildman–Crippen MR) is 151 cm³/mol. The van der Waals surface area contributed by atoms with Crippen LogP contribution in [-0.2, 0) is 37.9 Å². The maximum atomic E-state index is 14.4. The summed E-state index contributed by atoms with van der Waals surface area (Å²) < 4.78 is 70.2. The van der Waals surface area contributed by atoms with Crippen LogP contribution >= 0.6 is 11.3 Å². The van der Waals surface area contributed by atoms with Crippen molar-refractivity contribution < 1.29 is 31.1 Å². The summed E-state index contributed by atoms with van der Waals surface area (Å²) in [4.78, 5) is 16.0. The number of hydrogen-bond acceptors (Lipinski definition) is 8. The van der Waals surface area contributed by atoms with E-state index in [1.807, 2.05) is 0 Å². The summed E-state index contributed by atoms with van der Waals surface area (Å²) >= 11 is 1.06. The molecule has 3 N–H and O–H groups in total. The summed E-state index contributed by atoms with van der Waals surface area (Å²) in [5.41, 5.74) is 0.864. The van der Waals surface area contributed by atoms with Crippen molar-refractivity contribution in [3.63, 3.8) is 0 Å². The number of anilines is 1. The molecule has 7 fully saturated rings. The molecule has 2 aromatic rings. The number of carbonyl (C=O) groups is 1. The number of sulfonamides is 2. The first-order valence-electron chi connectivity index (χ1n) is 14.1. The normalized spacial score (nSPS) is 39.3. The zero-order valence-electron chi connectivity index (χ0n) is 22.3. The molecule has 9 aliphatic rings. The molecule has 1 aromatic heterocycles. The highest BCUT2D eigenvalue weighted by Gasteiger charge is 2.85. The van der Waals surface area contributed by atoms with Crippen molar-refractivity contribution in [3.05, 3.63) is 57.9 Å². The van der Waals surface area contributed by atoms with Gasteiger partial charge in [-0.15, -0.1) is 15.7 Å². The van der Waals surface area contributed by atoms with Crippen LogP contribution < -0.4 is 10.0 Å². The molecule has 0 spiro atoms. The fourth-order valence-corrected chi connectivity index (χ4v) is 12.9. The van der Waals surface area contributed by atoms with Gasteiger partial charge in [0, 0.05) is 30.6 Å². The smallest absolute Gasteiger partial charge is 0.287 e. The minimum atomic E-state index is -4.33. The molecule has 7 aliphatic carbocycles. The van der Waals surface area contributed by atoms with Crippen molar-refractivity contribution in [1.29, 1.82) is 0 Å². The lowest BCUT2D eigenvalue weighted by molar-refractivity contribution is -0.141. The van der Waals surface area contributed by atoms with Gasteiger partial charge in [-0.25, -0.2) is 17.5 Å². The Morgan fingerprint density at radius 1 is 1.12 bits per heavy atom. The van der Waals surface area contributed by atoms with E-state index < -0.39 is 26.0 Å². The van der Waals surface area contributed by atoms with Gasteiger partial charge < -0.3 is 15.3 Å². The van der Waals surface area contributed by atoms with Crippen LogP contribution in [0.5, 0.6) is 0 Å². The van der Waals surface area contributed by atoms with Gasteiger partial charge in [0.05, 0.1) is 6.26 Å². The second kappa shape index (κ2) is 8.01. The summed E-state index contributed by atoms with van der Waals surface area (Å²) in [6, 6.07) is 5.83. The van der Waals surface area contributed by atoms with Gasteiger partial charge in [-0.05, 0) is 76.8 Å². The molecule has 10 nitrogen and oxygen atoms in total. The Morgan fingerprint density at radius 3 is 2.45 bits per heavy atom. The zero-order valence-corrected chi connectivity index (χ0v) is 24.7. The van der Waals surface area contributed by atoms with Crippen molar-refractivity contribution in [2.45, 2.75) is 30.4 Å². The first kappa shape index (κ1) is 25.7. The molecular weight excluding hydrogens is 604 g/mol. The molecule has 2 aliphatic heterocycles. The molecule has 8 bridgehead atoms. The van der Waals surface area contributed by atoms with E-state index >= 15 is 0 Å². The number of aliphatic hydroxyl groups is 1. The van der Waals surface area contributed by atoms with Gasteiger partial charge in [-0.3, -0.25) is 4.79 Å². The molecule has 1 aromatic carbocycles. The van der Waals surface area contributed by atoms with Gasteiger partial charge in [-0.1, -0.05) is 12.1 Å². The minimum absolute atomic E-state index is 0.0779. The van der Waals surface area contributed by atoms with Crippen LogP contribution in [0.25, 0.3) is 0 Å². The lowest BCUT2D eigenvalue weighted by atomic mass is 9.59. The van der Waals surface area contributed by atoms with Crippen molar-refractivity contribution in [2.24, 2.45) is 57.7 Å². The van der Waals surface area contributed by atoms with Gasteiger partial charge in [0.2, 0.25) is 10.0 Å².